The Morgan fingerprint density at radius 3 is 3.11 bits per heavy atom. The largest absolute Gasteiger partial charge is 0.497 e. The highest BCUT2D eigenvalue weighted by Gasteiger charge is 2.43. The minimum Gasteiger partial charge on any atom is -0.497 e. The van der Waals surface area contributed by atoms with Crippen LogP contribution in [0.25, 0.3) is 0 Å². The van der Waals surface area contributed by atoms with Crippen molar-refractivity contribution in [3.05, 3.63) is 23.8 Å². The molecule has 1 spiro atoms. The van der Waals surface area contributed by atoms with Crippen LogP contribution in [0, 0.1) is 0 Å². The van der Waals surface area contributed by atoms with Crippen LogP contribution >= 0.6 is 11.8 Å². The molecule has 2 aliphatic heterocycles. The number of thioether (sulfide) groups is 1. The summed E-state index contributed by atoms with van der Waals surface area (Å²) < 4.78 is 11.7. The van der Waals surface area contributed by atoms with E-state index in [1.807, 2.05) is 23.9 Å². The van der Waals surface area contributed by atoms with Crippen LogP contribution in [0.2, 0.25) is 0 Å². The van der Waals surface area contributed by atoms with Crippen LogP contribution in [-0.4, -0.2) is 30.8 Å². The monoisotopic (exact) mass is 279 g/mol. The SMILES string of the molecule is CCNC1CC2(CCSC2)Oc2cc(OC)ccc21. The second-order valence-electron chi connectivity index (χ2n) is 5.31. The van der Waals surface area contributed by atoms with Gasteiger partial charge in [-0.15, -0.1) is 0 Å². The maximum Gasteiger partial charge on any atom is 0.128 e. The van der Waals surface area contributed by atoms with E-state index in [1.54, 1.807) is 7.11 Å². The average molecular weight is 279 g/mol. The Kier molecular flexibility index (Phi) is 3.63. The molecular formula is C15H21NO2S. The Hall–Kier alpha value is -0.870. The van der Waals surface area contributed by atoms with Crippen LogP contribution < -0.4 is 14.8 Å². The van der Waals surface area contributed by atoms with Crippen LogP contribution in [0.5, 0.6) is 11.5 Å². The molecule has 1 aromatic rings. The van der Waals surface area contributed by atoms with Crippen molar-refractivity contribution >= 4 is 11.8 Å². The van der Waals surface area contributed by atoms with Crippen molar-refractivity contribution < 1.29 is 9.47 Å². The van der Waals surface area contributed by atoms with E-state index in [-0.39, 0.29) is 5.60 Å². The summed E-state index contributed by atoms with van der Waals surface area (Å²) in [4.78, 5) is 0. The number of nitrogens with one attached hydrogen (secondary N) is 1. The molecule has 2 heterocycles. The molecule has 1 saturated heterocycles. The van der Waals surface area contributed by atoms with Crippen molar-refractivity contribution in [3.8, 4) is 11.5 Å². The van der Waals surface area contributed by atoms with E-state index in [0.29, 0.717) is 6.04 Å². The Morgan fingerprint density at radius 1 is 1.53 bits per heavy atom. The molecule has 1 fully saturated rings. The van der Waals surface area contributed by atoms with Gasteiger partial charge in [-0.2, -0.15) is 11.8 Å². The molecule has 0 saturated carbocycles. The van der Waals surface area contributed by atoms with Gasteiger partial charge in [-0.05, 0) is 24.8 Å². The lowest BCUT2D eigenvalue weighted by molar-refractivity contribution is 0.0552. The van der Waals surface area contributed by atoms with E-state index >= 15 is 0 Å². The van der Waals surface area contributed by atoms with Gasteiger partial charge in [-0.3, -0.25) is 0 Å². The van der Waals surface area contributed by atoms with Crippen molar-refractivity contribution in [2.75, 3.05) is 25.2 Å². The number of hydrogen-bond donors (Lipinski definition) is 1. The first kappa shape index (κ1) is 13.1. The van der Waals surface area contributed by atoms with Gasteiger partial charge >= 0.3 is 0 Å². The topological polar surface area (TPSA) is 30.5 Å². The third kappa shape index (κ3) is 2.43. The molecule has 1 N–H and O–H groups in total. The molecular weight excluding hydrogens is 258 g/mol. The Balaban J connectivity index is 1.96. The minimum absolute atomic E-state index is 0.0247. The van der Waals surface area contributed by atoms with Gasteiger partial charge in [0.2, 0.25) is 0 Å². The van der Waals surface area contributed by atoms with Crippen LogP contribution in [0.4, 0.5) is 0 Å². The molecule has 3 nitrogen and oxygen atoms in total. The molecule has 104 valence electrons. The van der Waals surface area contributed by atoms with Crippen LogP contribution in [0.3, 0.4) is 0 Å². The molecule has 2 unspecified atom stereocenters. The summed E-state index contributed by atoms with van der Waals surface area (Å²) in [6.07, 6.45) is 2.23. The van der Waals surface area contributed by atoms with Crippen molar-refractivity contribution in [3.63, 3.8) is 0 Å². The van der Waals surface area contributed by atoms with Gasteiger partial charge in [0.15, 0.2) is 0 Å². The third-order valence-electron chi connectivity index (χ3n) is 4.02. The first-order valence-electron chi connectivity index (χ1n) is 6.94. The first-order chi connectivity index (χ1) is 9.26. The van der Waals surface area contributed by atoms with E-state index in [0.717, 1.165) is 36.6 Å². The van der Waals surface area contributed by atoms with Gasteiger partial charge in [0.1, 0.15) is 17.1 Å². The van der Waals surface area contributed by atoms with Crippen LogP contribution in [-0.2, 0) is 0 Å². The van der Waals surface area contributed by atoms with Gasteiger partial charge < -0.3 is 14.8 Å². The van der Waals surface area contributed by atoms with Crippen molar-refractivity contribution in [1.82, 2.24) is 5.32 Å². The minimum atomic E-state index is 0.0247. The molecule has 4 heteroatoms. The van der Waals surface area contributed by atoms with Gasteiger partial charge in [0.05, 0.1) is 7.11 Å². The number of ether oxygens (including phenoxy) is 2. The second-order valence-corrected chi connectivity index (χ2v) is 6.41. The van der Waals surface area contributed by atoms with Gasteiger partial charge in [0.25, 0.3) is 0 Å². The number of methoxy groups -OCH3 is 1. The zero-order valence-corrected chi connectivity index (χ0v) is 12.4. The Morgan fingerprint density at radius 2 is 2.42 bits per heavy atom. The normalized spacial score (nSPS) is 29.1. The fourth-order valence-electron chi connectivity index (χ4n) is 3.03. The smallest absolute Gasteiger partial charge is 0.128 e. The molecule has 0 amide bonds. The van der Waals surface area contributed by atoms with Gasteiger partial charge in [0, 0.05) is 29.8 Å². The van der Waals surface area contributed by atoms with Crippen molar-refractivity contribution in [2.24, 2.45) is 0 Å². The lowest BCUT2D eigenvalue weighted by atomic mass is 9.86. The molecule has 2 aliphatic rings. The number of rotatable bonds is 3. The van der Waals surface area contributed by atoms with Gasteiger partial charge in [-0.1, -0.05) is 13.0 Å². The Bertz CT molecular complexity index is 457. The standard InChI is InChI=1S/C15H21NO2S/c1-3-16-13-9-15(6-7-19-10-15)18-14-8-11(17-2)4-5-12(13)14/h4-5,8,13,16H,3,6-7,9-10H2,1-2H3. The summed E-state index contributed by atoms with van der Waals surface area (Å²) in [5.41, 5.74) is 1.29. The lowest BCUT2D eigenvalue weighted by Gasteiger charge is -2.40. The van der Waals surface area contributed by atoms with E-state index in [9.17, 15) is 0 Å². The number of hydrogen-bond acceptors (Lipinski definition) is 4. The first-order valence-corrected chi connectivity index (χ1v) is 8.10. The van der Waals surface area contributed by atoms with E-state index < -0.39 is 0 Å². The summed E-state index contributed by atoms with van der Waals surface area (Å²) in [5.74, 6) is 4.18. The van der Waals surface area contributed by atoms with Crippen LogP contribution in [0.15, 0.2) is 18.2 Å². The summed E-state index contributed by atoms with van der Waals surface area (Å²) in [7, 11) is 1.70. The van der Waals surface area contributed by atoms with Crippen molar-refractivity contribution in [2.45, 2.75) is 31.4 Å². The zero-order chi connectivity index (χ0) is 13.3. The van der Waals surface area contributed by atoms with E-state index in [2.05, 4.69) is 18.3 Å². The fraction of sp³-hybridized carbons (Fsp3) is 0.600. The highest BCUT2D eigenvalue weighted by atomic mass is 32.2. The summed E-state index contributed by atoms with van der Waals surface area (Å²) in [6, 6.07) is 6.59. The fourth-order valence-corrected chi connectivity index (χ4v) is 4.39. The average Bonchev–Trinajstić information content (AvgIpc) is 2.86. The maximum absolute atomic E-state index is 6.36. The highest BCUT2D eigenvalue weighted by molar-refractivity contribution is 7.99. The van der Waals surface area contributed by atoms with Crippen LogP contribution in [0.1, 0.15) is 31.4 Å². The highest BCUT2D eigenvalue weighted by Crippen LogP contribution is 2.46. The molecule has 1 aromatic carbocycles. The molecule has 0 aliphatic carbocycles. The quantitative estimate of drug-likeness (QED) is 0.921. The summed E-state index contributed by atoms with van der Waals surface area (Å²) >= 11 is 2.00. The number of benzene rings is 1. The van der Waals surface area contributed by atoms with Gasteiger partial charge in [-0.25, -0.2) is 0 Å². The molecule has 2 atom stereocenters. The van der Waals surface area contributed by atoms with E-state index in [1.165, 1.54) is 11.3 Å². The molecule has 3 rings (SSSR count). The number of fused-ring (bicyclic) bond motifs is 1. The molecule has 19 heavy (non-hydrogen) atoms. The van der Waals surface area contributed by atoms with Crippen molar-refractivity contribution in [1.29, 1.82) is 0 Å². The molecule has 0 aromatic heterocycles. The van der Waals surface area contributed by atoms with E-state index in [4.69, 9.17) is 9.47 Å². The second kappa shape index (κ2) is 5.25. The Labute approximate surface area is 119 Å². The lowest BCUT2D eigenvalue weighted by Crippen LogP contribution is -2.44. The zero-order valence-electron chi connectivity index (χ0n) is 11.6. The summed E-state index contributed by atoms with van der Waals surface area (Å²) in [6.45, 7) is 3.15. The predicted octanol–water partition coefficient (Wildman–Crippen LogP) is 3.00. The maximum atomic E-state index is 6.36. The summed E-state index contributed by atoms with van der Waals surface area (Å²) in [5, 5.41) is 3.60. The predicted molar refractivity (Wildman–Crippen MR) is 79.3 cm³/mol. The third-order valence-corrected chi connectivity index (χ3v) is 5.24. The molecule has 0 radical (unpaired) electrons. The molecule has 0 bridgehead atoms.